The predicted molar refractivity (Wildman–Crippen MR) is 81.8 cm³/mol. The average molecular weight is 402 g/mol. The first-order chi connectivity index (χ1) is 13.1. The van der Waals surface area contributed by atoms with E-state index in [2.05, 4.69) is 14.7 Å². The number of nitrogens with zero attached hydrogens (tertiary/aromatic N) is 3. The van der Waals surface area contributed by atoms with Gasteiger partial charge >= 0.3 is 6.36 Å². The summed E-state index contributed by atoms with van der Waals surface area (Å²) in [5.74, 6) is -2.00. The van der Waals surface area contributed by atoms with E-state index in [0.717, 1.165) is 23.4 Å². The summed E-state index contributed by atoms with van der Waals surface area (Å²) in [5.41, 5.74) is 3.20. The van der Waals surface area contributed by atoms with Crippen LogP contribution in [0.3, 0.4) is 0 Å². The molecule has 1 saturated heterocycles. The number of likely N-dealkylation sites (tertiary alicyclic amines) is 1. The molecule has 0 aromatic carbocycles. The molecule has 13 heteroatoms. The summed E-state index contributed by atoms with van der Waals surface area (Å²) in [6.45, 7) is -0.727. The molecule has 1 aliphatic rings. The molecule has 1 aliphatic heterocycles. The number of aliphatic hydroxyl groups is 1. The van der Waals surface area contributed by atoms with Crippen molar-refractivity contribution in [1.82, 2.24) is 14.9 Å². The minimum Gasteiger partial charge on any atom is -0.482 e. The van der Waals surface area contributed by atoms with Gasteiger partial charge in [-0.05, 0) is 6.07 Å². The molecule has 0 bridgehead atoms. The maximum absolute atomic E-state index is 12.2. The van der Waals surface area contributed by atoms with Crippen LogP contribution in [0, 0.1) is 0 Å². The molecule has 28 heavy (non-hydrogen) atoms. The fourth-order valence-electron chi connectivity index (χ4n) is 2.30. The SMILES string of the molecule is NC(=O)C1(O)CN(C(=O)c2coc(COc3ccc(OC(F)(F)F)nc3)n2)C1. The second kappa shape index (κ2) is 6.99. The van der Waals surface area contributed by atoms with Crippen molar-refractivity contribution in [1.29, 1.82) is 0 Å². The van der Waals surface area contributed by atoms with Crippen LogP contribution >= 0.6 is 0 Å². The lowest BCUT2D eigenvalue weighted by Gasteiger charge is -2.43. The molecule has 0 aliphatic carbocycles. The van der Waals surface area contributed by atoms with E-state index >= 15 is 0 Å². The highest BCUT2D eigenvalue weighted by Crippen LogP contribution is 2.24. The standard InChI is InChI=1S/C15H13F3N4O6/c16-15(17,18)28-10-2-1-8(3-20-10)26-5-11-21-9(4-27-11)12(23)22-6-14(25,7-22)13(19)24/h1-4,25H,5-7H2,(H2,19,24). The first kappa shape index (κ1) is 19.4. The molecule has 0 atom stereocenters. The maximum Gasteiger partial charge on any atom is 0.574 e. The number of rotatable bonds is 6. The van der Waals surface area contributed by atoms with Gasteiger partial charge in [-0.3, -0.25) is 9.59 Å². The van der Waals surface area contributed by atoms with Gasteiger partial charge in [0, 0.05) is 6.07 Å². The van der Waals surface area contributed by atoms with Gasteiger partial charge in [-0.1, -0.05) is 0 Å². The van der Waals surface area contributed by atoms with Gasteiger partial charge in [0.15, 0.2) is 17.9 Å². The molecule has 0 unspecified atom stereocenters. The highest BCUT2D eigenvalue weighted by Gasteiger charge is 2.49. The molecule has 1 fully saturated rings. The number of oxazole rings is 1. The van der Waals surface area contributed by atoms with E-state index in [0.29, 0.717) is 0 Å². The Morgan fingerprint density at radius 2 is 2.07 bits per heavy atom. The van der Waals surface area contributed by atoms with Crippen molar-refractivity contribution in [3.8, 4) is 11.6 Å². The Labute approximate surface area is 154 Å². The molecule has 2 aromatic rings. The lowest BCUT2D eigenvalue weighted by Crippen LogP contribution is -2.69. The smallest absolute Gasteiger partial charge is 0.482 e. The zero-order chi connectivity index (χ0) is 20.5. The number of primary amides is 1. The van der Waals surface area contributed by atoms with Crippen LogP contribution in [-0.4, -0.2) is 56.8 Å². The molecule has 2 aromatic heterocycles. The molecule has 0 radical (unpaired) electrons. The van der Waals surface area contributed by atoms with Gasteiger partial charge in [0.25, 0.3) is 11.8 Å². The molecule has 3 heterocycles. The summed E-state index contributed by atoms with van der Waals surface area (Å²) >= 11 is 0. The summed E-state index contributed by atoms with van der Waals surface area (Å²) in [5, 5.41) is 9.74. The summed E-state index contributed by atoms with van der Waals surface area (Å²) in [7, 11) is 0. The monoisotopic (exact) mass is 402 g/mol. The van der Waals surface area contributed by atoms with Crippen molar-refractivity contribution >= 4 is 11.8 Å². The average Bonchev–Trinajstić information content (AvgIpc) is 3.05. The molecule has 0 saturated carbocycles. The van der Waals surface area contributed by atoms with Crippen LogP contribution in [0.1, 0.15) is 16.4 Å². The summed E-state index contributed by atoms with van der Waals surface area (Å²) in [4.78, 5) is 31.7. The summed E-state index contributed by atoms with van der Waals surface area (Å²) in [6, 6.07) is 2.17. The van der Waals surface area contributed by atoms with Crippen LogP contribution in [0.4, 0.5) is 13.2 Å². The molecule has 3 N–H and O–H groups in total. The minimum atomic E-state index is -4.85. The van der Waals surface area contributed by atoms with E-state index in [9.17, 15) is 27.9 Å². The predicted octanol–water partition coefficient (Wildman–Crippen LogP) is 0.219. The van der Waals surface area contributed by atoms with Crippen LogP contribution in [0.25, 0.3) is 0 Å². The van der Waals surface area contributed by atoms with Crippen molar-refractivity contribution in [3.63, 3.8) is 0 Å². The fraction of sp³-hybridized carbons (Fsp3) is 0.333. The lowest BCUT2D eigenvalue weighted by atomic mass is 9.93. The third-order valence-electron chi connectivity index (χ3n) is 3.71. The van der Waals surface area contributed by atoms with Gasteiger partial charge in [-0.2, -0.15) is 0 Å². The molecule has 3 rings (SSSR count). The van der Waals surface area contributed by atoms with Crippen molar-refractivity contribution in [3.05, 3.63) is 36.2 Å². The summed E-state index contributed by atoms with van der Waals surface area (Å²) in [6.07, 6.45) is -2.76. The summed E-state index contributed by atoms with van der Waals surface area (Å²) < 4.78 is 50.2. The number of nitrogens with two attached hydrogens (primary N) is 1. The van der Waals surface area contributed by atoms with Gasteiger partial charge in [0.2, 0.25) is 11.8 Å². The van der Waals surface area contributed by atoms with Crippen LogP contribution in [0.2, 0.25) is 0 Å². The van der Waals surface area contributed by atoms with E-state index in [1.165, 1.54) is 6.07 Å². The van der Waals surface area contributed by atoms with Gasteiger partial charge in [0.1, 0.15) is 12.0 Å². The number of amides is 2. The maximum atomic E-state index is 12.2. The van der Waals surface area contributed by atoms with Crippen LogP contribution in [0.5, 0.6) is 11.6 Å². The van der Waals surface area contributed by atoms with Crippen molar-refractivity contribution < 1.29 is 41.8 Å². The third kappa shape index (κ3) is 4.31. The van der Waals surface area contributed by atoms with Crippen LogP contribution in [0.15, 0.2) is 29.0 Å². The van der Waals surface area contributed by atoms with Gasteiger partial charge in [-0.15, -0.1) is 13.2 Å². The molecule has 150 valence electrons. The second-order valence-electron chi connectivity index (χ2n) is 5.85. The van der Waals surface area contributed by atoms with Crippen molar-refractivity contribution in [2.45, 2.75) is 18.6 Å². The van der Waals surface area contributed by atoms with E-state index < -0.39 is 29.7 Å². The number of β-amino-alcohol motifs (C(OH)–C–C–N with tert-alkyl or cyclic N) is 1. The molecular formula is C15H13F3N4O6. The molecule has 2 amide bonds. The second-order valence-corrected chi connectivity index (χ2v) is 5.85. The largest absolute Gasteiger partial charge is 0.574 e. The first-order valence-corrected chi connectivity index (χ1v) is 7.66. The Hall–Kier alpha value is -3.35. The number of carbonyl (C=O) groups excluding carboxylic acids is 2. The Bertz CT molecular complexity index is 877. The van der Waals surface area contributed by atoms with Crippen molar-refractivity contribution in [2.75, 3.05) is 13.1 Å². The van der Waals surface area contributed by atoms with Gasteiger partial charge in [0.05, 0.1) is 19.3 Å². The number of pyridine rings is 1. The molecule has 10 nitrogen and oxygen atoms in total. The quantitative estimate of drug-likeness (QED) is 0.699. The number of carbonyl (C=O) groups is 2. The normalized spacial score (nSPS) is 15.6. The number of hydrogen-bond donors (Lipinski definition) is 2. The lowest BCUT2D eigenvalue weighted by molar-refractivity contribution is -0.276. The van der Waals surface area contributed by atoms with Crippen LogP contribution in [-0.2, 0) is 11.4 Å². The van der Waals surface area contributed by atoms with Crippen molar-refractivity contribution in [2.24, 2.45) is 5.73 Å². The van der Waals surface area contributed by atoms with E-state index in [4.69, 9.17) is 14.9 Å². The Balaban J connectivity index is 1.52. The zero-order valence-electron chi connectivity index (χ0n) is 14.0. The van der Waals surface area contributed by atoms with Gasteiger partial charge < -0.3 is 29.6 Å². The number of alkyl halides is 3. The highest BCUT2D eigenvalue weighted by molar-refractivity contribution is 5.95. The number of halogens is 3. The van der Waals surface area contributed by atoms with Crippen LogP contribution < -0.4 is 15.2 Å². The zero-order valence-corrected chi connectivity index (χ0v) is 14.0. The highest BCUT2D eigenvalue weighted by atomic mass is 19.4. The number of aromatic nitrogens is 2. The Morgan fingerprint density at radius 3 is 2.64 bits per heavy atom. The Kier molecular flexibility index (Phi) is 4.85. The van der Waals surface area contributed by atoms with E-state index in [-0.39, 0.29) is 37.0 Å². The number of hydrogen-bond acceptors (Lipinski definition) is 8. The minimum absolute atomic E-state index is 0.0182. The van der Waals surface area contributed by atoms with E-state index in [1.54, 1.807) is 0 Å². The van der Waals surface area contributed by atoms with Gasteiger partial charge in [-0.25, -0.2) is 9.97 Å². The fourth-order valence-corrected chi connectivity index (χ4v) is 2.30. The first-order valence-electron chi connectivity index (χ1n) is 7.66. The third-order valence-corrected chi connectivity index (χ3v) is 3.71. The van der Waals surface area contributed by atoms with E-state index in [1.807, 2.05) is 0 Å². The Morgan fingerprint density at radius 1 is 1.36 bits per heavy atom. The number of ether oxygens (including phenoxy) is 2. The molecular weight excluding hydrogens is 389 g/mol. The molecule has 0 spiro atoms. The topological polar surface area (TPSA) is 141 Å².